The van der Waals surface area contributed by atoms with Crippen molar-refractivity contribution in [3.8, 4) is 0 Å². The zero-order chi connectivity index (χ0) is 20.6. The van der Waals surface area contributed by atoms with E-state index in [-0.39, 0.29) is 17.2 Å². The van der Waals surface area contributed by atoms with Gasteiger partial charge < -0.3 is 25.4 Å². The van der Waals surface area contributed by atoms with Crippen molar-refractivity contribution in [3.05, 3.63) is 59.8 Å². The summed E-state index contributed by atoms with van der Waals surface area (Å²) in [4.78, 5) is 12.1. The minimum Gasteiger partial charge on any atom is -0.380 e. The molecular formula is C21H21F2N3O3. The second kappa shape index (κ2) is 7.46. The highest BCUT2D eigenvalue weighted by atomic mass is 19.1. The molecule has 0 radical (unpaired) electrons. The quantitative estimate of drug-likeness (QED) is 0.662. The van der Waals surface area contributed by atoms with E-state index in [0.717, 1.165) is 0 Å². The second-order valence-electron chi connectivity index (χ2n) is 7.35. The number of hydrogen-bond donors (Lipinski definition) is 3. The summed E-state index contributed by atoms with van der Waals surface area (Å²) in [7, 11) is 0. The lowest BCUT2D eigenvalue weighted by atomic mass is 10.1. The molecule has 8 heteroatoms. The Bertz CT molecular complexity index is 991. The Kier molecular flexibility index (Phi) is 4.97. The first kappa shape index (κ1) is 19.4. The van der Waals surface area contributed by atoms with Gasteiger partial charge >= 0.3 is 0 Å². The lowest BCUT2D eigenvalue weighted by Gasteiger charge is -2.17. The van der Waals surface area contributed by atoms with Crippen LogP contribution in [0.25, 0.3) is 5.57 Å². The van der Waals surface area contributed by atoms with Crippen LogP contribution >= 0.6 is 0 Å². The fraction of sp³-hybridized carbons (Fsp3) is 0.286. The predicted molar refractivity (Wildman–Crippen MR) is 106 cm³/mol. The number of halogens is 2. The maximum atomic E-state index is 14.4. The molecule has 0 aliphatic carbocycles. The zero-order valence-corrected chi connectivity index (χ0v) is 16.0. The van der Waals surface area contributed by atoms with E-state index >= 15 is 0 Å². The molecule has 0 bridgehead atoms. The third-order valence-electron chi connectivity index (χ3n) is 4.72. The molecule has 1 saturated heterocycles. The Morgan fingerprint density at radius 3 is 2.79 bits per heavy atom. The van der Waals surface area contributed by atoms with E-state index in [0.29, 0.717) is 30.2 Å². The molecule has 2 heterocycles. The molecule has 6 nitrogen and oxygen atoms in total. The first-order valence-electron chi connectivity index (χ1n) is 9.24. The van der Waals surface area contributed by atoms with Gasteiger partial charge in [0.05, 0.1) is 23.6 Å². The molecule has 0 saturated carbocycles. The summed E-state index contributed by atoms with van der Waals surface area (Å²) in [5, 5.41) is 8.47. The number of hydrogen-bond acceptors (Lipinski definition) is 5. The zero-order valence-electron chi connectivity index (χ0n) is 16.0. The number of benzene rings is 2. The Balaban J connectivity index is 1.43. The summed E-state index contributed by atoms with van der Waals surface area (Å²) in [6.07, 6.45) is 1.21. The number of anilines is 3. The molecule has 2 aliphatic rings. The van der Waals surface area contributed by atoms with Gasteiger partial charge in [-0.3, -0.25) is 4.79 Å². The van der Waals surface area contributed by atoms with Gasteiger partial charge in [-0.25, -0.2) is 8.78 Å². The summed E-state index contributed by atoms with van der Waals surface area (Å²) in [5.41, 5.74) is 1.52. The van der Waals surface area contributed by atoms with Crippen molar-refractivity contribution in [2.24, 2.45) is 0 Å². The van der Waals surface area contributed by atoms with Gasteiger partial charge in [-0.1, -0.05) is 6.07 Å². The molecular weight excluding hydrogens is 380 g/mol. The minimum atomic E-state index is -0.628. The van der Waals surface area contributed by atoms with Crippen LogP contribution in [0.1, 0.15) is 19.4 Å². The number of fused-ring (bicyclic) bond motifs is 1. The SMILES string of the molecule is CC1(C)OCC(CNc2ccc(NC=C3C(=O)Nc4cccc(F)c43)cc2F)O1. The van der Waals surface area contributed by atoms with Gasteiger partial charge in [-0.2, -0.15) is 0 Å². The van der Waals surface area contributed by atoms with Gasteiger partial charge in [0.2, 0.25) is 0 Å². The van der Waals surface area contributed by atoms with Crippen molar-refractivity contribution >= 4 is 28.5 Å². The molecule has 2 aromatic carbocycles. The maximum Gasteiger partial charge on any atom is 0.257 e. The van der Waals surface area contributed by atoms with Crippen LogP contribution in [-0.4, -0.2) is 30.9 Å². The Labute approximate surface area is 166 Å². The maximum absolute atomic E-state index is 14.4. The molecule has 152 valence electrons. The van der Waals surface area contributed by atoms with E-state index in [2.05, 4.69) is 16.0 Å². The largest absolute Gasteiger partial charge is 0.380 e. The Morgan fingerprint density at radius 1 is 1.24 bits per heavy atom. The number of ether oxygens (including phenoxy) is 2. The lowest BCUT2D eigenvalue weighted by molar-refractivity contribution is -0.136. The summed E-state index contributed by atoms with van der Waals surface area (Å²) >= 11 is 0. The number of carbonyl (C=O) groups is 1. The van der Waals surface area contributed by atoms with Gasteiger partial charge in [-0.15, -0.1) is 0 Å². The topological polar surface area (TPSA) is 71.6 Å². The van der Waals surface area contributed by atoms with E-state index in [1.165, 1.54) is 24.4 Å². The van der Waals surface area contributed by atoms with Gasteiger partial charge in [0, 0.05) is 24.0 Å². The fourth-order valence-electron chi connectivity index (χ4n) is 3.33. The van der Waals surface area contributed by atoms with E-state index in [1.807, 2.05) is 13.8 Å². The van der Waals surface area contributed by atoms with Crippen molar-refractivity contribution in [1.29, 1.82) is 0 Å². The van der Waals surface area contributed by atoms with Crippen molar-refractivity contribution in [1.82, 2.24) is 0 Å². The van der Waals surface area contributed by atoms with Crippen LogP contribution < -0.4 is 16.0 Å². The van der Waals surface area contributed by atoms with Gasteiger partial charge in [0.1, 0.15) is 17.7 Å². The van der Waals surface area contributed by atoms with Crippen LogP contribution in [0.2, 0.25) is 0 Å². The third-order valence-corrected chi connectivity index (χ3v) is 4.72. The van der Waals surface area contributed by atoms with Crippen molar-refractivity contribution in [2.45, 2.75) is 25.7 Å². The molecule has 29 heavy (non-hydrogen) atoms. The van der Waals surface area contributed by atoms with Crippen LogP contribution in [0.4, 0.5) is 25.8 Å². The van der Waals surface area contributed by atoms with E-state index in [4.69, 9.17) is 9.47 Å². The molecule has 2 aromatic rings. The highest BCUT2D eigenvalue weighted by Crippen LogP contribution is 2.33. The average Bonchev–Trinajstić information content (AvgIpc) is 3.18. The van der Waals surface area contributed by atoms with Crippen LogP contribution in [-0.2, 0) is 14.3 Å². The molecule has 1 unspecified atom stereocenters. The fourth-order valence-corrected chi connectivity index (χ4v) is 3.33. The summed E-state index contributed by atoms with van der Waals surface area (Å²) < 4.78 is 39.7. The van der Waals surface area contributed by atoms with Gasteiger partial charge in [-0.05, 0) is 44.2 Å². The molecule has 1 fully saturated rings. The molecule has 3 N–H and O–H groups in total. The predicted octanol–water partition coefficient (Wildman–Crippen LogP) is 3.93. The molecule has 1 atom stereocenters. The average molecular weight is 401 g/mol. The van der Waals surface area contributed by atoms with Crippen LogP contribution in [0.3, 0.4) is 0 Å². The molecule has 2 aliphatic heterocycles. The molecule has 1 amide bonds. The van der Waals surface area contributed by atoms with E-state index in [9.17, 15) is 13.6 Å². The first-order valence-corrected chi connectivity index (χ1v) is 9.24. The van der Waals surface area contributed by atoms with Crippen LogP contribution in [0, 0.1) is 11.6 Å². The van der Waals surface area contributed by atoms with Crippen molar-refractivity contribution < 1.29 is 23.0 Å². The van der Waals surface area contributed by atoms with Crippen molar-refractivity contribution in [2.75, 3.05) is 29.1 Å². The summed E-state index contributed by atoms with van der Waals surface area (Å²) in [6.45, 7) is 4.51. The van der Waals surface area contributed by atoms with Gasteiger partial charge in [0.25, 0.3) is 5.91 Å². The van der Waals surface area contributed by atoms with E-state index < -0.39 is 23.3 Å². The summed E-state index contributed by atoms with van der Waals surface area (Å²) in [6, 6.07) is 8.97. The van der Waals surface area contributed by atoms with Gasteiger partial charge in [0.15, 0.2) is 5.79 Å². The Morgan fingerprint density at radius 2 is 2.07 bits per heavy atom. The smallest absolute Gasteiger partial charge is 0.257 e. The molecule has 0 aromatic heterocycles. The third kappa shape index (κ3) is 4.08. The normalized spacial score (nSPS) is 21.2. The molecule has 0 spiro atoms. The summed E-state index contributed by atoms with van der Waals surface area (Å²) in [5.74, 6) is -2.01. The standard InChI is InChI=1S/C21H21F2N3O3/c1-21(2)28-11-13(29-21)9-25-17-7-6-12(8-16(17)23)24-10-14-19-15(22)4-3-5-18(19)26-20(14)27/h3-8,10,13,24-25H,9,11H2,1-2H3,(H,26,27). The second-order valence-corrected chi connectivity index (χ2v) is 7.35. The Hall–Kier alpha value is -2.97. The minimum absolute atomic E-state index is 0.154. The van der Waals surface area contributed by atoms with Crippen molar-refractivity contribution in [3.63, 3.8) is 0 Å². The molecule has 4 rings (SSSR count). The monoisotopic (exact) mass is 401 g/mol. The van der Waals surface area contributed by atoms with E-state index in [1.54, 1.807) is 18.2 Å². The highest BCUT2D eigenvalue weighted by molar-refractivity contribution is 6.31. The number of amides is 1. The highest BCUT2D eigenvalue weighted by Gasteiger charge is 2.32. The number of carbonyl (C=O) groups excluding carboxylic acids is 1. The number of nitrogens with one attached hydrogen (secondary N) is 3. The van der Waals surface area contributed by atoms with Crippen LogP contribution in [0.5, 0.6) is 0 Å². The van der Waals surface area contributed by atoms with Crippen LogP contribution in [0.15, 0.2) is 42.6 Å². The first-order chi connectivity index (χ1) is 13.8. The number of rotatable bonds is 5. The lowest BCUT2D eigenvalue weighted by Crippen LogP contribution is -2.26.